The van der Waals surface area contributed by atoms with Crippen LogP contribution in [0.4, 0.5) is 13.2 Å². The number of benzene rings is 2. The highest BCUT2D eigenvalue weighted by molar-refractivity contribution is 5.79. The van der Waals surface area contributed by atoms with Crippen molar-refractivity contribution in [2.24, 2.45) is 5.92 Å². The van der Waals surface area contributed by atoms with Gasteiger partial charge in [0.05, 0.1) is 7.11 Å². The lowest BCUT2D eigenvalue weighted by Gasteiger charge is -2.27. The van der Waals surface area contributed by atoms with E-state index < -0.39 is 6.36 Å². The van der Waals surface area contributed by atoms with Gasteiger partial charge in [0.2, 0.25) is 5.91 Å². The largest absolute Gasteiger partial charge is 0.573 e. The first-order valence-corrected chi connectivity index (χ1v) is 10.3. The highest BCUT2D eigenvalue weighted by Gasteiger charge is 2.31. The molecule has 168 valence electrons. The van der Waals surface area contributed by atoms with Gasteiger partial charge in [-0.2, -0.15) is 0 Å². The predicted molar refractivity (Wildman–Crippen MR) is 112 cm³/mol. The van der Waals surface area contributed by atoms with Crippen LogP contribution in [0, 0.1) is 5.92 Å². The molecule has 0 bridgehead atoms. The third-order valence-electron chi connectivity index (χ3n) is 5.66. The summed E-state index contributed by atoms with van der Waals surface area (Å²) in [5, 5.41) is 6.27. The Labute approximate surface area is 179 Å². The molecule has 0 saturated heterocycles. The molecule has 1 saturated carbocycles. The lowest BCUT2D eigenvalue weighted by atomic mass is 9.85. The lowest BCUT2D eigenvalue weighted by Crippen LogP contribution is -2.37. The van der Waals surface area contributed by atoms with Crippen LogP contribution < -0.4 is 20.1 Å². The molecule has 0 radical (unpaired) electrons. The van der Waals surface area contributed by atoms with E-state index in [0.717, 1.165) is 42.4 Å². The fourth-order valence-electron chi connectivity index (χ4n) is 3.92. The second kappa shape index (κ2) is 10.0. The summed E-state index contributed by atoms with van der Waals surface area (Å²) in [7, 11) is 3.50. The highest BCUT2D eigenvalue weighted by Crippen LogP contribution is 2.30. The van der Waals surface area contributed by atoms with Gasteiger partial charge in [0, 0.05) is 24.1 Å². The zero-order valence-corrected chi connectivity index (χ0v) is 17.6. The van der Waals surface area contributed by atoms with Crippen LogP contribution in [0.1, 0.15) is 31.2 Å². The van der Waals surface area contributed by atoms with Gasteiger partial charge in [-0.3, -0.25) is 4.79 Å². The van der Waals surface area contributed by atoms with Crippen molar-refractivity contribution < 1.29 is 27.4 Å². The topological polar surface area (TPSA) is 59.6 Å². The van der Waals surface area contributed by atoms with Crippen molar-refractivity contribution in [3.63, 3.8) is 0 Å². The Morgan fingerprint density at radius 2 is 1.68 bits per heavy atom. The molecule has 3 rings (SSSR count). The number of carbonyl (C=O) groups is 1. The minimum atomic E-state index is -4.72. The average molecular weight is 436 g/mol. The summed E-state index contributed by atoms with van der Waals surface area (Å²) >= 11 is 0. The summed E-state index contributed by atoms with van der Waals surface area (Å²) < 4.78 is 46.4. The van der Waals surface area contributed by atoms with Crippen LogP contribution in [0.3, 0.4) is 0 Å². The van der Waals surface area contributed by atoms with Crippen LogP contribution in [-0.2, 0) is 11.3 Å². The van der Waals surface area contributed by atoms with E-state index in [0.29, 0.717) is 18.3 Å². The Hall–Kier alpha value is -2.74. The zero-order chi connectivity index (χ0) is 22.4. The second-order valence-electron chi connectivity index (χ2n) is 7.65. The Kier molecular flexibility index (Phi) is 7.43. The normalized spacial score (nSPS) is 19.0. The van der Waals surface area contributed by atoms with E-state index in [4.69, 9.17) is 4.74 Å². The van der Waals surface area contributed by atoms with E-state index in [2.05, 4.69) is 15.4 Å². The van der Waals surface area contributed by atoms with E-state index >= 15 is 0 Å². The number of carbonyl (C=O) groups excluding carboxylic acids is 1. The van der Waals surface area contributed by atoms with Crippen molar-refractivity contribution in [3.05, 3.63) is 48.0 Å². The number of amides is 1. The third kappa shape index (κ3) is 6.37. The number of alkyl halides is 3. The number of halogens is 3. The highest BCUT2D eigenvalue weighted by atomic mass is 19.4. The van der Waals surface area contributed by atoms with Crippen LogP contribution in [0.5, 0.6) is 11.5 Å². The van der Waals surface area contributed by atoms with E-state index in [-0.39, 0.29) is 17.6 Å². The Morgan fingerprint density at radius 1 is 1.03 bits per heavy atom. The van der Waals surface area contributed by atoms with Crippen molar-refractivity contribution in [1.29, 1.82) is 0 Å². The van der Waals surface area contributed by atoms with Gasteiger partial charge in [-0.05, 0) is 68.1 Å². The van der Waals surface area contributed by atoms with Crippen molar-refractivity contribution in [3.8, 4) is 22.6 Å². The van der Waals surface area contributed by atoms with Gasteiger partial charge in [-0.15, -0.1) is 13.2 Å². The molecule has 0 spiro atoms. The molecule has 0 heterocycles. The molecule has 5 nitrogen and oxygen atoms in total. The Morgan fingerprint density at radius 3 is 2.26 bits per heavy atom. The van der Waals surface area contributed by atoms with Crippen LogP contribution in [0.15, 0.2) is 42.5 Å². The molecule has 31 heavy (non-hydrogen) atoms. The molecule has 0 atom stereocenters. The summed E-state index contributed by atoms with van der Waals surface area (Å²) in [6, 6.07) is 11.6. The van der Waals surface area contributed by atoms with Gasteiger partial charge >= 0.3 is 6.36 Å². The van der Waals surface area contributed by atoms with Crippen LogP contribution in [0.25, 0.3) is 11.1 Å². The standard InChI is InChI=1S/C23H27F3N2O3/c1-27-19-8-3-16(4-9-19)22(29)28-14-18-13-17(7-12-21(18)30-2)15-5-10-20(11-6-15)31-23(24,25)26/h5-7,10-13,16,19,27H,3-4,8-9,14H2,1-2H3,(H,28,29). The molecule has 1 aliphatic carbocycles. The van der Waals surface area contributed by atoms with E-state index in [1.54, 1.807) is 25.3 Å². The molecule has 8 heteroatoms. The minimum absolute atomic E-state index is 0.0138. The van der Waals surface area contributed by atoms with E-state index in [9.17, 15) is 18.0 Å². The summed E-state index contributed by atoms with van der Waals surface area (Å²) in [5.74, 6) is 0.417. The SMILES string of the molecule is CNC1CCC(C(=O)NCc2cc(-c3ccc(OC(F)(F)F)cc3)ccc2OC)CC1. The molecule has 0 aromatic heterocycles. The summed E-state index contributed by atoms with van der Waals surface area (Å²) in [6.45, 7) is 0.317. The first kappa shape index (κ1) is 22.9. The molecule has 0 unspecified atom stereocenters. The molecule has 1 aliphatic rings. The first-order chi connectivity index (χ1) is 14.8. The summed E-state index contributed by atoms with van der Waals surface area (Å²) in [4.78, 5) is 12.6. The fraction of sp³-hybridized carbons (Fsp3) is 0.435. The molecule has 2 N–H and O–H groups in total. The first-order valence-electron chi connectivity index (χ1n) is 10.3. The van der Waals surface area contributed by atoms with Gasteiger partial charge in [0.25, 0.3) is 0 Å². The minimum Gasteiger partial charge on any atom is -0.496 e. The van der Waals surface area contributed by atoms with Crippen LogP contribution in [-0.4, -0.2) is 32.5 Å². The maximum atomic E-state index is 12.6. The average Bonchev–Trinajstić information content (AvgIpc) is 2.76. The van der Waals surface area contributed by atoms with Crippen molar-refractivity contribution in [1.82, 2.24) is 10.6 Å². The number of methoxy groups -OCH3 is 1. The van der Waals surface area contributed by atoms with Crippen molar-refractivity contribution in [2.75, 3.05) is 14.2 Å². The molecule has 2 aromatic carbocycles. The number of nitrogens with one attached hydrogen (secondary N) is 2. The predicted octanol–water partition coefficient (Wildman–Crippen LogP) is 4.66. The van der Waals surface area contributed by atoms with Gasteiger partial charge < -0.3 is 20.1 Å². The Bertz CT molecular complexity index is 877. The maximum Gasteiger partial charge on any atom is 0.573 e. The van der Waals surface area contributed by atoms with Crippen LogP contribution >= 0.6 is 0 Å². The zero-order valence-electron chi connectivity index (χ0n) is 17.6. The lowest BCUT2D eigenvalue weighted by molar-refractivity contribution is -0.274. The molecular formula is C23H27F3N2O3. The summed E-state index contributed by atoms with van der Waals surface area (Å²) in [6.07, 6.45) is -1.02. The maximum absolute atomic E-state index is 12.6. The Balaban J connectivity index is 1.67. The quantitative estimate of drug-likeness (QED) is 0.663. The fourth-order valence-corrected chi connectivity index (χ4v) is 3.92. The number of rotatable bonds is 7. The molecule has 1 fully saturated rings. The van der Waals surface area contributed by atoms with Gasteiger partial charge in [-0.1, -0.05) is 18.2 Å². The number of hydrogen-bond acceptors (Lipinski definition) is 4. The van der Waals surface area contributed by atoms with Crippen molar-refractivity contribution in [2.45, 2.75) is 44.6 Å². The number of ether oxygens (including phenoxy) is 2. The third-order valence-corrected chi connectivity index (χ3v) is 5.66. The van der Waals surface area contributed by atoms with Gasteiger partial charge in [-0.25, -0.2) is 0 Å². The second-order valence-corrected chi connectivity index (χ2v) is 7.65. The number of hydrogen-bond donors (Lipinski definition) is 2. The monoisotopic (exact) mass is 436 g/mol. The van der Waals surface area contributed by atoms with Gasteiger partial charge in [0.15, 0.2) is 0 Å². The van der Waals surface area contributed by atoms with Gasteiger partial charge in [0.1, 0.15) is 11.5 Å². The summed E-state index contributed by atoms with van der Waals surface area (Å²) in [5.41, 5.74) is 2.33. The smallest absolute Gasteiger partial charge is 0.496 e. The van der Waals surface area contributed by atoms with Crippen LogP contribution in [0.2, 0.25) is 0 Å². The van der Waals surface area contributed by atoms with E-state index in [1.807, 2.05) is 19.2 Å². The molecular weight excluding hydrogens is 409 g/mol. The van der Waals surface area contributed by atoms with E-state index in [1.165, 1.54) is 12.1 Å². The molecule has 0 aliphatic heterocycles. The molecule has 1 amide bonds. The van der Waals surface area contributed by atoms with Crippen molar-refractivity contribution >= 4 is 5.91 Å². The molecule has 2 aromatic rings.